The zero-order valence-corrected chi connectivity index (χ0v) is 12.3. The van der Waals surface area contributed by atoms with Gasteiger partial charge in [0.15, 0.2) is 5.75 Å². The number of aromatic nitrogens is 1. The van der Waals surface area contributed by atoms with Gasteiger partial charge in [0.2, 0.25) is 0 Å². The lowest BCUT2D eigenvalue weighted by Crippen LogP contribution is -2.05. The van der Waals surface area contributed by atoms with E-state index >= 15 is 0 Å². The molecule has 0 spiro atoms. The largest absolute Gasteiger partial charge is 0.478 e. The van der Waals surface area contributed by atoms with Crippen LogP contribution in [0.25, 0.3) is 22.2 Å². The van der Waals surface area contributed by atoms with E-state index in [2.05, 4.69) is 4.98 Å². The fourth-order valence-corrected chi connectivity index (χ4v) is 2.39. The number of carboxylic acids is 1. The van der Waals surface area contributed by atoms with Crippen LogP contribution < -0.4 is 4.74 Å². The molecule has 0 aliphatic rings. The van der Waals surface area contributed by atoms with E-state index in [-0.39, 0.29) is 11.3 Å². The van der Waals surface area contributed by atoms with Gasteiger partial charge in [-0.05, 0) is 12.1 Å². The van der Waals surface area contributed by atoms with Gasteiger partial charge < -0.3 is 9.84 Å². The van der Waals surface area contributed by atoms with Gasteiger partial charge in [-0.3, -0.25) is 4.79 Å². The Hall–Kier alpha value is -3.21. The highest BCUT2D eigenvalue weighted by molar-refractivity contribution is 6.05. The molecule has 2 aromatic carbocycles. The molecule has 1 aromatic heterocycles. The minimum Gasteiger partial charge on any atom is -0.478 e. The Bertz CT molecular complexity index is 904. The number of esters is 1. The van der Waals surface area contributed by atoms with Crippen molar-refractivity contribution in [2.75, 3.05) is 0 Å². The van der Waals surface area contributed by atoms with Gasteiger partial charge in [0.05, 0.1) is 11.3 Å². The number of ether oxygens (including phenoxy) is 1. The zero-order valence-electron chi connectivity index (χ0n) is 12.3. The maximum atomic E-state index is 11.6. The number of hydrogen-bond acceptors (Lipinski definition) is 4. The third-order valence-electron chi connectivity index (χ3n) is 3.36. The van der Waals surface area contributed by atoms with E-state index in [1.54, 1.807) is 18.2 Å². The third-order valence-corrected chi connectivity index (χ3v) is 3.36. The van der Waals surface area contributed by atoms with Crippen LogP contribution in [0.5, 0.6) is 5.75 Å². The Balaban J connectivity index is 2.32. The van der Waals surface area contributed by atoms with E-state index in [4.69, 9.17) is 4.74 Å². The number of fused-ring (bicyclic) bond motifs is 1. The topological polar surface area (TPSA) is 76.5 Å². The van der Waals surface area contributed by atoms with Crippen molar-refractivity contribution in [3.8, 4) is 17.0 Å². The minimum atomic E-state index is -1.06. The van der Waals surface area contributed by atoms with E-state index in [0.717, 1.165) is 5.56 Å². The van der Waals surface area contributed by atoms with Crippen LogP contribution >= 0.6 is 0 Å². The van der Waals surface area contributed by atoms with Crippen LogP contribution in [-0.2, 0) is 4.79 Å². The second-order valence-electron chi connectivity index (χ2n) is 4.97. The van der Waals surface area contributed by atoms with Crippen LogP contribution in [0.2, 0.25) is 0 Å². The smallest absolute Gasteiger partial charge is 0.336 e. The van der Waals surface area contributed by atoms with E-state index in [1.165, 1.54) is 13.0 Å². The molecule has 0 atom stereocenters. The van der Waals surface area contributed by atoms with Crippen molar-refractivity contribution >= 4 is 22.8 Å². The third kappa shape index (κ3) is 2.89. The van der Waals surface area contributed by atoms with Crippen LogP contribution in [0.3, 0.4) is 0 Å². The van der Waals surface area contributed by atoms with Gasteiger partial charge in [-0.1, -0.05) is 42.5 Å². The maximum absolute atomic E-state index is 11.6. The zero-order chi connectivity index (χ0) is 16.4. The summed E-state index contributed by atoms with van der Waals surface area (Å²) in [5, 5.41) is 9.92. The molecule has 0 amide bonds. The molecular weight excluding hydrogens is 294 g/mol. The van der Waals surface area contributed by atoms with Crippen molar-refractivity contribution in [3.63, 3.8) is 0 Å². The van der Waals surface area contributed by atoms with E-state index in [9.17, 15) is 14.7 Å². The van der Waals surface area contributed by atoms with Crippen molar-refractivity contribution in [2.24, 2.45) is 0 Å². The Morgan fingerprint density at radius 3 is 2.43 bits per heavy atom. The summed E-state index contributed by atoms with van der Waals surface area (Å²) in [4.78, 5) is 27.4. The van der Waals surface area contributed by atoms with Gasteiger partial charge in [0.25, 0.3) is 0 Å². The molecule has 0 aliphatic carbocycles. The highest BCUT2D eigenvalue weighted by atomic mass is 16.5. The van der Waals surface area contributed by atoms with Crippen LogP contribution in [-0.4, -0.2) is 22.0 Å². The maximum Gasteiger partial charge on any atom is 0.336 e. The summed E-state index contributed by atoms with van der Waals surface area (Å²) >= 11 is 0. The van der Waals surface area contributed by atoms with Crippen LogP contribution in [0.4, 0.5) is 0 Å². The minimum absolute atomic E-state index is 0.114. The first-order chi connectivity index (χ1) is 11.1. The number of aromatic carboxylic acids is 1. The number of rotatable bonds is 3. The SMILES string of the molecule is CC(=O)Oc1cccc2c(C(=O)O)cc(-c3ccccc3)nc12. The average molecular weight is 307 g/mol. The van der Waals surface area contributed by atoms with Crippen molar-refractivity contribution in [1.82, 2.24) is 4.98 Å². The first kappa shape index (κ1) is 14.7. The van der Waals surface area contributed by atoms with Gasteiger partial charge in [-0.15, -0.1) is 0 Å². The van der Waals surface area contributed by atoms with Gasteiger partial charge in [0, 0.05) is 17.9 Å². The molecule has 114 valence electrons. The number of benzene rings is 2. The standard InChI is InChI=1S/C18H13NO4/c1-11(20)23-16-9-5-8-13-14(18(21)22)10-15(19-17(13)16)12-6-3-2-4-7-12/h2-10H,1H3,(H,21,22). The first-order valence-electron chi connectivity index (χ1n) is 6.97. The van der Waals surface area contributed by atoms with Gasteiger partial charge >= 0.3 is 11.9 Å². The van der Waals surface area contributed by atoms with Crippen LogP contribution in [0.15, 0.2) is 54.6 Å². The van der Waals surface area contributed by atoms with Gasteiger partial charge in [-0.2, -0.15) is 0 Å². The lowest BCUT2D eigenvalue weighted by molar-refractivity contribution is -0.131. The number of para-hydroxylation sites is 1. The number of pyridine rings is 1. The summed E-state index contributed by atoms with van der Waals surface area (Å²) in [5.41, 5.74) is 1.76. The highest BCUT2D eigenvalue weighted by Gasteiger charge is 2.16. The molecule has 1 N–H and O–H groups in total. The monoisotopic (exact) mass is 307 g/mol. The molecule has 5 heteroatoms. The molecule has 0 fully saturated rings. The Morgan fingerprint density at radius 2 is 1.78 bits per heavy atom. The van der Waals surface area contributed by atoms with Crippen molar-refractivity contribution in [1.29, 1.82) is 0 Å². The van der Waals surface area contributed by atoms with E-state index in [1.807, 2.05) is 30.3 Å². The molecule has 0 bridgehead atoms. The number of carbonyl (C=O) groups is 2. The molecule has 5 nitrogen and oxygen atoms in total. The molecule has 23 heavy (non-hydrogen) atoms. The molecule has 0 unspecified atom stereocenters. The summed E-state index contributed by atoms with van der Waals surface area (Å²) in [6.07, 6.45) is 0. The summed E-state index contributed by atoms with van der Waals surface area (Å²) < 4.78 is 5.16. The Kier molecular flexibility index (Phi) is 3.76. The van der Waals surface area contributed by atoms with Crippen LogP contribution in [0.1, 0.15) is 17.3 Å². The second-order valence-corrected chi connectivity index (χ2v) is 4.97. The fourth-order valence-electron chi connectivity index (χ4n) is 2.39. The molecular formula is C18H13NO4. The predicted molar refractivity (Wildman–Crippen MR) is 85.4 cm³/mol. The van der Waals surface area contributed by atoms with Gasteiger partial charge in [-0.25, -0.2) is 9.78 Å². The fraction of sp³-hybridized carbons (Fsp3) is 0.0556. The Morgan fingerprint density at radius 1 is 1.04 bits per heavy atom. The molecule has 3 rings (SSSR count). The van der Waals surface area contributed by atoms with Crippen molar-refractivity contribution in [2.45, 2.75) is 6.92 Å². The number of carboxylic acid groups (broad SMARTS) is 1. The highest BCUT2D eigenvalue weighted by Crippen LogP contribution is 2.30. The summed E-state index contributed by atoms with van der Waals surface area (Å²) in [5.74, 6) is -1.30. The lowest BCUT2D eigenvalue weighted by Gasteiger charge is -2.10. The number of carbonyl (C=O) groups excluding carboxylic acids is 1. The van der Waals surface area contributed by atoms with Gasteiger partial charge in [0.1, 0.15) is 5.52 Å². The van der Waals surface area contributed by atoms with Crippen LogP contribution in [0, 0.1) is 0 Å². The summed E-state index contributed by atoms with van der Waals surface area (Å²) in [6.45, 7) is 1.29. The average Bonchev–Trinajstić information content (AvgIpc) is 2.54. The number of nitrogens with zero attached hydrogens (tertiary/aromatic N) is 1. The Labute approximate surface area is 132 Å². The second kappa shape index (κ2) is 5.88. The summed E-state index contributed by atoms with van der Waals surface area (Å²) in [7, 11) is 0. The predicted octanol–water partition coefficient (Wildman–Crippen LogP) is 3.53. The molecule has 0 aliphatic heterocycles. The van der Waals surface area contributed by atoms with E-state index in [0.29, 0.717) is 16.6 Å². The van der Waals surface area contributed by atoms with Crippen molar-refractivity contribution < 1.29 is 19.4 Å². The molecule has 3 aromatic rings. The molecule has 0 saturated carbocycles. The quantitative estimate of drug-likeness (QED) is 0.591. The van der Waals surface area contributed by atoms with E-state index < -0.39 is 11.9 Å². The van der Waals surface area contributed by atoms with Crippen molar-refractivity contribution in [3.05, 3.63) is 60.2 Å². The molecule has 1 heterocycles. The lowest BCUT2D eigenvalue weighted by atomic mass is 10.0. The normalized spacial score (nSPS) is 10.5. The summed E-state index contributed by atoms with van der Waals surface area (Å²) in [6, 6.07) is 15.6. The molecule has 0 radical (unpaired) electrons. The molecule has 0 saturated heterocycles. The first-order valence-corrected chi connectivity index (χ1v) is 6.97. The number of hydrogen-bond donors (Lipinski definition) is 1.